The summed E-state index contributed by atoms with van der Waals surface area (Å²) in [4.78, 5) is 13.2. The summed E-state index contributed by atoms with van der Waals surface area (Å²) in [7, 11) is 1.35. The van der Waals surface area contributed by atoms with Gasteiger partial charge in [-0.05, 0) is 17.7 Å². The Morgan fingerprint density at radius 3 is 2.36 bits per heavy atom. The molecule has 0 radical (unpaired) electrons. The van der Waals surface area contributed by atoms with Gasteiger partial charge in [0.2, 0.25) is 0 Å². The normalized spacial score (nSPS) is 10.8. The third-order valence-corrected chi connectivity index (χ3v) is 4.88. The van der Waals surface area contributed by atoms with E-state index in [4.69, 9.17) is 4.74 Å². The molecule has 1 N–H and O–H groups in total. The number of benzene rings is 3. The molecule has 4 rings (SSSR count). The van der Waals surface area contributed by atoms with Crippen molar-refractivity contribution < 1.29 is 23.0 Å². The largest absolute Gasteiger partial charge is 0.493 e. The number of nitrogens with zero attached hydrogens (tertiary/aromatic N) is 2. The van der Waals surface area contributed by atoms with Crippen LogP contribution in [0, 0.1) is 0 Å². The topological polar surface area (TPSA) is 65.4 Å². The van der Waals surface area contributed by atoms with Gasteiger partial charge in [-0.3, -0.25) is 9.48 Å². The van der Waals surface area contributed by atoms with Crippen molar-refractivity contribution in [3.05, 3.63) is 96.2 Å². The predicted octanol–water partition coefficient (Wildman–Crippen LogP) is 5.46. The lowest BCUT2D eigenvalue weighted by molar-refractivity contribution is -0.0511. The van der Waals surface area contributed by atoms with Gasteiger partial charge in [0.15, 0.2) is 11.5 Å². The van der Waals surface area contributed by atoms with Crippen molar-refractivity contribution in [2.75, 3.05) is 12.4 Å². The van der Waals surface area contributed by atoms with Gasteiger partial charge in [-0.15, -0.1) is 0 Å². The molecule has 33 heavy (non-hydrogen) atoms. The minimum atomic E-state index is -3.02. The number of aromatic nitrogens is 2. The van der Waals surface area contributed by atoms with Crippen LogP contribution in [0.25, 0.3) is 11.3 Å². The summed E-state index contributed by atoms with van der Waals surface area (Å²) in [6, 6.07) is 23.4. The molecule has 0 atom stereocenters. The molecule has 0 saturated heterocycles. The molecule has 0 aliphatic rings. The highest BCUT2D eigenvalue weighted by Crippen LogP contribution is 2.32. The van der Waals surface area contributed by atoms with E-state index < -0.39 is 12.5 Å². The van der Waals surface area contributed by atoms with E-state index in [1.807, 2.05) is 60.7 Å². The van der Waals surface area contributed by atoms with E-state index in [9.17, 15) is 13.6 Å². The number of nitrogens with one attached hydrogen (secondary N) is 1. The number of halogens is 2. The van der Waals surface area contributed by atoms with Crippen molar-refractivity contribution in [1.82, 2.24) is 9.78 Å². The van der Waals surface area contributed by atoms with Crippen molar-refractivity contribution in [2.45, 2.75) is 13.2 Å². The highest BCUT2D eigenvalue weighted by Gasteiger charge is 2.19. The number of hydrogen-bond acceptors (Lipinski definition) is 4. The molecule has 0 unspecified atom stereocenters. The minimum absolute atomic E-state index is 0.133. The monoisotopic (exact) mass is 449 g/mol. The van der Waals surface area contributed by atoms with Crippen molar-refractivity contribution in [3.8, 4) is 22.8 Å². The van der Waals surface area contributed by atoms with Crippen LogP contribution in [0.2, 0.25) is 0 Å². The summed E-state index contributed by atoms with van der Waals surface area (Å²) in [6.45, 7) is -2.53. The Hall–Kier alpha value is -4.20. The average molecular weight is 449 g/mol. The molecule has 0 saturated carbocycles. The first-order valence-electron chi connectivity index (χ1n) is 10.1. The standard InChI is InChI=1S/C25H21F2N3O3/c1-32-21-13-12-19(14-22(21)33-25(26)27)28-24(31)20-16-30(15-17-8-4-2-5-9-17)29-23(20)18-10-6-3-7-11-18/h2-14,16,25H,15H2,1H3,(H,28,31). The second-order valence-corrected chi connectivity index (χ2v) is 7.14. The number of anilines is 1. The fourth-order valence-corrected chi connectivity index (χ4v) is 3.39. The molecule has 3 aromatic carbocycles. The zero-order valence-electron chi connectivity index (χ0n) is 17.7. The Balaban J connectivity index is 1.65. The predicted molar refractivity (Wildman–Crippen MR) is 121 cm³/mol. The first-order valence-corrected chi connectivity index (χ1v) is 10.1. The van der Waals surface area contributed by atoms with Crippen molar-refractivity contribution in [3.63, 3.8) is 0 Å². The van der Waals surface area contributed by atoms with E-state index in [0.717, 1.165) is 11.1 Å². The van der Waals surface area contributed by atoms with Gasteiger partial charge in [-0.25, -0.2) is 0 Å². The summed E-state index contributed by atoms with van der Waals surface area (Å²) < 4.78 is 36.7. The highest BCUT2D eigenvalue weighted by atomic mass is 19.3. The van der Waals surface area contributed by atoms with Crippen molar-refractivity contribution in [2.24, 2.45) is 0 Å². The second kappa shape index (κ2) is 9.95. The number of hydrogen-bond donors (Lipinski definition) is 1. The molecule has 1 aromatic heterocycles. The van der Waals surface area contributed by atoms with Crippen LogP contribution in [0.4, 0.5) is 14.5 Å². The highest BCUT2D eigenvalue weighted by molar-refractivity contribution is 6.08. The number of amides is 1. The Bertz CT molecular complexity index is 1230. The molecular weight excluding hydrogens is 428 g/mol. The maximum atomic E-state index is 13.2. The fourth-order valence-electron chi connectivity index (χ4n) is 3.39. The lowest BCUT2D eigenvalue weighted by Gasteiger charge is -2.12. The zero-order valence-corrected chi connectivity index (χ0v) is 17.7. The van der Waals surface area contributed by atoms with Crippen LogP contribution in [0.1, 0.15) is 15.9 Å². The van der Waals surface area contributed by atoms with E-state index in [0.29, 0.717) is 17.8 Å². The van der Waals surface area contributed by atoms with Crippen LogP contribution in [0.5, 0.6) is 11.5 Å². The number of alkyl halides is 2. The number of methoxy groups -OCH3 is 1. The summed E-state index contributed by atoms with van der Waals surface area (Å²) in [5.74, 6) is -0.469. The van der Waals surface area contributed by atoms with Crippen LogP contribution in [-0.4, -0.2) is 29.4 Å². The summed E-state index contributed by atoms with van der Waals surface area (Å²) in [6.07, 6.45) is 1.67. The van der Waals surface area contributed by atoms with Gasteiger partial charge < -0.3 is 14.8 Å². The van der Waals surface area contributed by atoms with E-state index in [2.05, 4.69) is 15.2 Å². The number of rotatable bonds is 8. The average Bonchev–Trinajstić information content (AvgIpc) is 3.24. The maximum absolute atomic E-state index is 13.2. The van der Waals surface area contributed by atoms with Crippen LogP contribution in [0.3, 0.4) is 0 Å². The molecule has 0 aliphatic carbocycles. The quantitative estimate of drug-likeness (QED) is 0.388. The van der Waals surface area contributed by atoms with Gasteiger partial charge in [0.25, 0.3) is 5.91 Å². The van der Waals surface area contributed by atoms with E-state index in [1.165, 1.54) is 19.2 Å². The zero-order chi connectivity index (χ0) is 23.2. The van der Waals surface area contributed by atoms with Gasteiger partial charge in [0, 0.05) is 23.5 Å². The third-order valence-electron chi connectivity index (χ3n) is 4.88. The second-order valence-electron chi connectivity index (χ2n) is 7.14. The molecule has 168 valence electrons. The molecule has 0 aliphatic heterocycles. The van der Waals surface area contributed by atoms with Crippen molar-refractivity contribution >= 4 is 11.6 Å². The molecular formula is C25H21F2N3O3. The Kier molecular flexibility index (Phi) is 6.64. The summed E-state index contributed by atoms with van der Waals surface area (Å²) in [5.41, 5.74) is 2.97. The van der Waals surface area contributed by atoms with Gasteiger partial charge in [-0.2, -0.15) is 13.9 Å². The minimum Gasteiger partial charge on any atom is -0.493 e. The Morgan fingerprint density at radius 1 is 1.00 bits per heavy atom. The SMILES string of the molecule is COc1ccc(NC(=O)c2cn(Cc3ccccc3)nc2-c2ccccc2)cc1OC(F)F. The third kappa shape index (κ3) is 5.35. The van der Waals surface area contributed by atoms with Crippen LogP contribution >= 0.6 is 0 Å². The molecule has 1 heterocycles. The van der Waals surface area contributed by atoms with Gasteiger partial charge in [0.1, 0.15) is 5.69 Å². The molecule has 4 aromatic rings. The van der Waals surface area contributed by atoms with Gasteiger partial charge in [-0.1, -0.05) is 60.7 Å². The fraction of sp³-hybridized carbons (Fsp3) is 0.120. The molecule has 1 amide bonds. The van der Waals surface area contributed by atoms with Crippen LogP contribution in [0.15, 0.2) is 85.1 Å². The first kappa shape index (κ1) is 22.0. The Labute approximate surface area is 189 Å². The lowest BCUT2D eigenvalue weighted by Crippen LogP contribution is -2.13. The van der Waals surface area contributed by atoms with Crippen LogP contribution in [-0.2, 0) is 6.54 Å². The van der Waals surface area contributed by atoms with E-state index in [1.54, 1.807) is 16.9 Å². The number of carbonyl (C=O) groups excluding carboxylic acids is 1. The summed E-state index contributed by atoms with van der Waals surface area (Å²) in [5, 5.41) is 7.37. The number of carbonyl (C=O) groups is 1. The van der Waals surface area contributed by atoms with Crippen molar-refractivity contribution in [1.29, 1.82) is 0 Å². The van der Waals surface area contributed by atoms with Crippen LogP contribution < -0.4 is 14.8 Å². The Morgan fingerprint density at radius 2 is 1.70 bits per heavy atom. The molecule has 8 heteroatoms. The molecule has 0 spiro atoms. The maximum Gasteiger partial charge on any atom is 0.387 e. The summed E-state index contributed by atoms with van der Waals surface area (Å²) >= 11 is 0. The lowest BCUT2D eigenvalue weighted by atomic mass is 10.1. The van der Waals surface area contributed by atoms with E-state index >= 15 is 0 Å². The first-order chi connectivity index (χ1) is 16.0. The van der Waals surface area contributed by atoms with E-state index in [-0.39, 0.29) is 17.2 Å². The molecule has 6 nitrogen and oxygen atoms in total. The van der Waals surface area contributed by atoms with Gasteiger partial charge >= 0.3 is 6.61 Å². The smallest absolute Gasteiger partial charge is 0.387 e. The number of ether oxygens (including phenoxy) is 2. The molecule has 0 bridgehead atoms. The van der Waals surface area contributed by atoms with Gasteiger partial charge in [0.05, 0.1) is 19.2 Å². The molecule has 0 fully saturated rings.